The van der Waals surface area contributed by atoms with Crippen LogP contribution in [-0.4, -0.2) is 49.6 Å². The fourth-order valence-corrected chi connectivity index (χ4v) is 4.62. The van der Waals surface area contributed by atoms with Crippen LogP contribution in [0.25, 0.3) is 5.65 Å². The van der Waals surface area contributed by atoms with Crippen LogP contribution >= 0.6 is 11.8 Å². The quantitative estimate of drug-likeness (QED) is 0.925. The van der Waals surface area contributed by atoms with Gasteiger partial charge in [-0.05, 0) is 37.1 Å². The van der Waals surface area contributed by atoms with E-state index < -0.39 is 12.2 Å². The van der Waals surface area contributed by atoms with Crippen molar-refractivity contribution in [3.63, 3.8) is 0 Å². The van der Waals surface area contributed by atoms with Gasteiger partial charge in [0.25, 0.3) is 6.43 Å². The first kappa shape index (κ1) is 15.1. The van der Waals surface area contributed by atoms with Gasteiger partial charge in [0.15, 0.2) is 5.65 Å². The van der Waals surface area contributed by atoms with E-state index >= 15 is 0 Å². The van der Waals surface area contributed by atoms with Crippen molar-refractivity contribution >= 4 is 23.2 Å². The molecule has 1 N–H and O–H groups in total. The van der Waals surface area contributed by atoms with Crippen LogP contribution in [0.5, 0.6) is 0 Å². The molecule has 23 heavy (non-hydrogen) atoms. The summed E-state index contributed by atoms with van der Waals surface area (Å²) in [7, 11) is 0. The minimum absolute atomic E-state index is 0.0324. The van der Waals surface area contributed by atoms with E-state index in [0.717, 1.165) is 41.9 Å². The summed E-state index contributed by atoms with van der Waals surface area (Å²) in [6, 6.07) is 3.64. The molecule has 0 amide bonds. The summed E-state index contributed by atoms with van der Waals surface area (Å²) < 4.78 is 32.9. The van der Waals surface area contributed by atoms with Gasteiger partial charge in [0, 0.05) is 18.4 Å². The van der Waals surface area contributed by atoms with Crippen molar-refractivity contribution in [2.75, 3.05) is 23.4 Å². The lowest BCUT2D eigenvalue weighted by atomic mass is 9.90. The highest BCUT2D eigenvalue weighted by Crippen LogP contribution is 2.38. The zero-order chi connectivity index (χ0) is 15.9. The molecular weight excluding hydrogens is 324 g/mol. The van der Waals surface area contributed by atoms with Gasteiger partial charge < -0.3 is 10.1 Å². The van der Waals surface area contributed by atoms with E-state index in [4.69, 9.17) is 4.74 Å². The van der Waals surface area contributed by atoms with E-state index in [9.17, 15) is 8.78 Å². The lowest BCUT2D eigenvalue weighted by Crippen LogP contribution is -2.44. The molecule has 9 heteroatoms. The number of thioether (sulfide) groups is 1. The molecule has 2 aliphatic rings. The highest BCUT2D eigenvalue weighted by molar-refractivity contribution is 7.99. The molecule has 4 rings (SSSR count). The molecule has 0 aromatic carbocycles. The molecule has 0 aliphatic carbocycles. The number of ether oxygens (including phenoxy) is 1. The van der Waals surface area contributed by atoms with Gasteiger partial charge in [0.1, 0.15) is 5.82 Å². The molecule has 0 bridgehead atoms. The summed E-state index contributed by atoms with van der Waals surface area (Å²) in [5.41, 5.74) is 0.288. The Balaban J connectivity index is 1.54. The maximum absolute atomic E-state index is 12.9. The van der Waals surface area contributed by atoms with Gasteiger partial charge in [-0.15, -0.1) is 15.3 Å². The number of nitrogens with one attached hydrogen (secondary N) is 1. The minimum Gasteiger partial charge on any atom is -0.374 e. The average molecular weight is 341 g/mol. The highest BCUT2D eigenvalue weighted by atomic mass is 32.2. The summed E-state index contributed by atoms with van der Waals surface area (Å²) in [5, 5.41) is 14.8. The molecule has 0 radical (unpaired) electrons. The number of alkyl halides is 2. The zero-order valence-electron chi connectivity index (χ0n) is 12.4. The summed E-state index contributed by atoms with van der Waals surface area (Å²) in [6.07, 6.45) is 0.178. The number of hydrogen-bond donors (Lipinski definition) is 1. The van der Waals surface area contributed by atoms with Crippen LogP contribution in [0.15, 0.2) is 12.1 Å². The van der Waals surface area contributed by atoms with E-state index in [1.165, 1.54) is 0 Å². The minimum atomic E-state index is -2.70. The van der Waals surface area contributed by atoms with Crippen LogP contribution in [0.2, 0.25) is 0 Å². The van der Waals surface area contributed by atoms with Gasteiger partial charge in [0.2, 0.25) is 5.82 Å². The molecule has 2 saturated heterocycles. The van der Waals surface area contributed by atoms with Crippen molar-refractivity contribution in [2.45, 2.75) is 37.3 Å². The Morgan fingerprint density at radius 3 is 3.09 bits per heavy atom. The third kappa shape index (κ3) is 2.87. The standard InChI is InChI=1S/C14H17F2N5OS/c15-12(16)13-19-18-11-2-1-10(20-21(11)13)17-9-3-5-22-14(7-9)4-6-23-8-14/h1-2,9,12H,3-8H2,(H,17,20)/t9-,14+/m0/s1. The second-order valence-electron chi connectivity index (χ2n) is 6.02. The zero-order valence-corrected chi connectivity index (χ0v) is 13.2. The van der Waals surface area contributed by atoms with Gasteiger partial charge in [0.05, 0.1) is 5.60 Å². The SMILES string of the molecule is FC(F)c1nnc2ccc(N[C@H]3CCO[C@]4(CCSC4)C3)nn12. The average Bonchev–Trinajstić information content (AvgIpc) is 3.14. The largest absolute Gasteiger partial charge is 0.374 e. The Bertz CT molecular complexity index is 704. The smallest absolute Gasteiger partial charge is 0.299 e. The molecular formula is C14H17F2N5OS. The molecule has 4 heterocycles. The Labute approximate surface area is 136 Å². The second-order valence-corrected chi connectivity index (χ2v) is 7.12. The Morgan fingerprint density at radius 1 is 1.39 bits per heavy atom. The third-order valence-electron chi connectivity index (χ3n) is 4.39. The van der Waals surface area contributed by atoms with Gasteiger partial charge >= 0.3 is 0 Å². The maximum atomic E-state index is 12.9. The molecule has 0 saturated carbocycles. The van der Waals surface area contributed by atoms with Crippen molar-refractivity contribution < 1.29 is 13.5 Å². The van der Waals surface area contributed by atoms with E-state index in [0.29, 0.717) is 11.5 Å². The molecule has 2 aromatic rings. The normalized spacial score (nSPS) is 28.0. The molecule has 2 aliphatic heterocycles. The number of aromatic nitrogens is 4. The monoisotopic (exact) mass is 341 g/mol. The predicted molar refractivity (Wildman–Crippen MR) is 83.0 cm³/mol. The fraction of sp³-hybridized carbons (Fsp3) is 0.643. The van der Waals surface area contributed by atoms with Crippen LogP contribution in [0, 0.1) is 0 Å². The number of anilines is 1. The third-order valence-corrected chi connectivity index (χ3v) is 5.62. The van der Waals surface area contributed by atoms with Gasteiger partial charge in [-0.2, -0.15) is 16.3 Å². The first-order valence-electron chi connectivity index (χ1n) is 7.64. The maximum Gasteiger partial charge on any atom is 0.299 e. The molecule has 0 unspecified atom stereocenters. The van der Waals surface area contributed by atoms with E-state index in [1.807, 2.05) is 11.8 Å². The molecule has 2 atom stereocenters. The topological polar surface area (TPSA) is 64.3 Å². The first-order valence-corrected chi connectivity index (χ1v) is 8.79. The van der Waals surface area contributed by atoms with Crippen LogP contribution in [0.3, 0.4) is 0 Å². The van der Waals surface area contributed by atoms with E-state index in [1.54, 1.807) is 12.1 Å². The van der Waals surface area contributed by atoms with Crippen LogP contribution in [0.1, 0.15) is 31.5 Å². The molecule has 124 valence electrons. The highest BCUT2D eigenvalue weighted by Gasteiger charge is 2.40. The second kappa shape index (κ2) is 5.86. The number of rotatable bonds is 3. The fourth-order valence-electron chi connectivity index (χ4n) is 3.24. The Kier molecular flexibility index (Phi) is 3.84. The number of hydrogen-bond acceptors (Lipinski definition) is 6. The molecule has 6 nitrogen and oxygen atoms in total. The number of nitrogens with zero attached hydrogens (tertiary/aromatic N) is 4. The lowest BCUT2D eigenvalue weighted by molar-refractivity contribution is -0.0628. The summed E-state index contributed by atoms with van der Waals surface area (Å²) in [4.78, 5) is 0. The van der Waals surface area contributed by atoms with Gasteiger partial charge in [-0.3, -0.25) is 0 Å². The van der Waals surface area contributed by atoms with Crippen molar-refractivity contribution in [3.8, 4) is 0 Å². The van der Waals surface area contributed by atoms with Crippen LogP contribution in [-0.2, 0) is 4.74 Å². The van der Waals surface area contributed by atoms with Crippen molar-refractivity contribution in [2.24, 2.45) is 0 Å². The van der Waals surface area contributed by atoms with Gasteiger partial charge in [-0.25, -0.2) is 8.78 Å². The van der Waals surface area contributed by atoms with Crippen molar-refractivity contribution in [3.05, 3.63) is 18.0 Å². The van der Waals surface area contributed by atoms with E-state index in [2.05, 4.69) is 20.6 Å². The van der Waals surface area contributed by atoms with Crippen LogP contribution in [0.4, 0.5) is 14.6 Å². The van der Waals surface area contributed by atoms with Crippen molar-refractivity contribution in [1.29, 1.82) is 0 Å². The summed E-state index contributed by atoms with van der Waals surface area (Å²) >= 11 is 1.92. The predicted octanol–water partition coefficient (Wildman–Crippen LogP) is 2.53. The van der Waals surface area contributed by atoms with E-state index in [-0.39, 0.29) is 11.6 Å². The Morgan fingerprint density at radius 2 is 2.30 bits per heavy atom. The molecule has 2 aromatic heterocycles. The van der Waals surface area contributed by atoms with Crippen molar-refractivity contribution in [1.82, 2.24) is 19.8 Å². The number of fused-ring (bicyclic) bond motifs is 1. The Hall–Kier alpha value is -1.48. The molecule has 2 fully saturated rings. The first-order chi connectivity index (χ1) is 11.2. The van der Waals surface area contributed by atoms with Gasteiger partial charge in [-0.1, -0.05) is 0 Å². The summed E-state index contributed by atoms with van der Waals surface area (Å²) in [5.74, 6) is 2.29. The molecule has 1 spiro atoms. The lowest BCUT2D eigenvalue weighted by Gasteiger charge is -2.38. The number of halogens is 2. The van der Waals surface area contributed by atoms with Crippen LogP contribution < -0.4 is 5.32 Å². The summed E-state index contributed by atoms with van der Waals surface area (Å²) in [6.45, 7) is 0.718.